The maximum Gasteiger partial charge on any atom is 0.416 e. The largest absolute Gasteiger partial charge is 0.465 e. The highest BCUT2D eigenvalue weighted by molar-refractivity contribution is 7.20. The van der Waals surface area contributed by atoms with Gasteiger partial charge < -0.3 is 9.72 Å². The summed E-state index contributed by atoms with van der Waals surface area (Å²) in [6, 6.07) is 5.35. The first kappa shape index (κ1) is 21.0. The van der Waals surface area contributed by atoms with Crippen LogP contribution >= 0.6 is 11.3 Å². The summed E-state index contributed by atoms with van der Waals surface area (Å²) in [5.41, 5.74) is -0.478. The molecule has 0 aliphatic carbocycles. The highest BCUT2D eigenvalue weighted by Crippen LogP contribution is 2.32. The lowest BCUT2D eigenvalue weighted by atomic mass is 10.1. The van der Waals surface area contributed by atoms with Crippen LogP contribution in [0.4, 0.5) is 13.2 Å². The summed E-state index contributed by atoms with van der Waals surface area (Å²) in [6.07, 6.45) is -4.44. The lowest BCUT2D eigenvalue weighted by Gasteiger charge is -2.19. The van der Waals surface area contributed by atoms with E-state index in [0.29, 0.717) is 26.5 Å². The Kier molecular flexibility index (Phi) is 5.76. The molecule has 0 spiro atoms. The first-order valence-corrected chi connectivity index (χ1v) is 9.37. The number of carbonyl (C=O) groups is 1. The van der Waals surface area contributed by atoms with Gasteiger partial charge >= 0.3 is 12.1 Å². The summed E-state index contributed by atoms with van der Waals surface area (Å²) in [6.45, 7) is 1.79. The van der Waals surface area contributed by atoms with Crippen LogP contribution in [0.15, 0.2) is 29.1 Å². The van der Waals surface area contributed by atoms with Gasteiger partial charge in [0.15, 0.2) is 0 Å². The molecule has 0 aliphatic heterocycles. The average molecular weight is 425 g/mol. The molecular formula is C19H18F3N3O3S. The molecule has 0 aliphatic rings. The Balaban J connectivity index is 1.87. The summed E-state index contributed by atoms with van der Waals surface area (Å²) in [4.78, 5) is 33.6. The number of thiophene rings is 1. The van der Waals surface area contributed by atoms with Gasteiger partial charge in [0.2, 0.25) is 0 Å². The molecule has 0 atom stereocenters. The molecule has 2 aromatic heterocycles. The van der Waals surface area contributed by atoms with Gasteiger partial charge in [0.05, 0.1) is 24.6 Å². The van der Waals surface area contributed by atoms with Crippen molar-refractivity contribution in [3.63, 3.8) is 0 Å². The minimum absolute atomic E-state index is 0.0221. The highest BCUT2D eigenvalue weighted by Gasteiger charge is 2.33. The number of benzene rings is 1. The van der Waals surface area contributed by atoms with Gasteiger partial charge in [-0.25, -0.2) is 9.78 Å². The second-order valence-electron chi connectivity index (χ2n) is 6.57. The van der Waals surface area contributed by atoms with E-state index in [-0.39, 0.29) is 18.7 Å². The Morgan fingerprint density at radius 1 is 1.28 bits per heavy atom. The summed E-state index contributed by atoms with van der Waals surface area (Å²) in [5, 5.41) is 0.309. The predicted molar refractivity (Wildman–Crippen MR) is 103 cm³/mol. The number of H-pyrrole nitrogens is 1. The number of hydrogen-bond acceptors (Lipinski definition) is 6. The molecule has 0 unspecified atom stereocenters. The van der Waals surface area contributed by atoms with E-state index in [1.807, 2.05) is 0 Å². The van der Waals surface area contributed by atoms with Crippen molar-refractivity contribution in [1.29, 1.82) is 0 Å². The van der Waals surface area contributed by atoms with Gasteiger partial charge in [-0.3, -0.25) is 9.69 Å². The highest BCUT2D eigenvalue weighted by atomic mass is 32.1. The number of halogens is 3. The number of aryl methyl sites for hydroxylation is 1. The quantitative estimate of drug-likeness (QED) is 0.631. The van der Waals surface area contributed by atoms with Gasteiger partial charge in [-0.05, 0) is 31.2 Å². The van der Waals surface area contributed by atoms with E-state index in [1.165, 1.54) is 19.2 Å². The molecule has 2 heterocycles. The number of esters is 1. The summed E-state index contributed by atoms with van der Waals surface area (Å²) < 4.78 is 44.2. The molecule has 6 nitrogen and oxygen atoms in total. The number of nitrogens with zero attached hydrogens (tertiary/aromatic N) is 2. The Morgan fingerprint density at radius 2 is 1.97 bits per heavy atom. The van der Waals surface area contributed by atoms with Gasteiger partial charge in [0.1, 0.15) is 15.5 Å². The van der Waals surface area contributed by atoms with Gasteiger partial charge in [0, 0.05) is 6.54 Å². The number of ether oxygens (including phenoxy) is 1. The molecule has 29 heavy (non-hydrogen) atoms. The van der Waals surface area contributed by atoms with E-state index in [1.54, 1.807) is 24.9 Å². The van der Waals surface area contributed by atoms with Gasteiger partial charge in [-0.15, -0.1) is 11.3 Å². The van der Waals surface area contributed by atoms with Crippen LogP contribution < -0.4 is 5.56 Å². The molecule has 1 aromatic carbocycles. The molecule has 3 rings (SSSR count). The fourth-order valence-electron chi connectivity index (χ4n) is 3.09. The molecule has 0 saturated heterocycles. The number of nitrogens with one attached hydrogen (secondary N) is 1. The molecule has 10 heteroatoms. The number of hydrogen-bond donors (Lipinski definition) is 1. The van der Waals surface area contributed by atoms with Gasteiger partial charge in [-0.1, -0.05) is 18.2 Å². The van der Waals surface area contributed by atoms with E-state index in [4.69, 9.17) is 4.74 Å². The van der Waals surface area contributed by atoms with Crippen LogP contribution in [0.25, 0.3) is 10.2 Å². The Hall–Kier alpha value is -2.72. The minimum atomic E-state index is -4.44. The number of alkyl halides is 3. The minimum Gasteiger partial charge on any atom is -0.465 e. The fourth-order valence-corrected chi connectivity index (χ4v) is 4.21. The number of aromatic nitrogens is 2. The third-order valence-electron chi connectivity index (χ3n) is 4.40. The first-order chi connectivity index (χ1) is 13.6. The number of rotatable bonds is 5. The van der Waals surface area contributed by atoms with Crippen molar-refractivity contribution in [2.75, 3.05) is 14.2 Å². The molecule has 0 amide bonds. The summed E-state index contributed by atoms with van der Waals surface area (Å²) in [5.74, 6) is -0.250. The SMILES string of the molecule is COC(=O)c1sc2nc(CN(C)Cc3ccccc3C(F)(F)F)[nH]c(=O)c2c1C. The number of fused-ring (bicyclic) bond motifs is 1. The monoisotopic (exact) mass is 425 g/mol. The number of carbonyl (C=O) groups excluding carboxylic acids is 1. The number of methoxy groups -OCH3 is 1. The Bertz CT molecular complexity index is 1120. The third-order valence-corrected chi connectivity index (χ3v) is 5.57. The van der Waals surface area contributed by atoms with Crippen molar-refractivity contribution < 1.29 is 22.7 Å². The maximum absolute atomic E-state index is 13.2. The molecule has 0 fully saturated rings. The molecular weight excluding hydrogens is 407 g/mol. The van der Waals surface area contributed by atoms with Gasteiger partial charge in [-0.2, -0.15) is 13.2 Å². The van der Waals surface area contributed by atoms with Crippen molar-refractivity contribution in [1.82, 2.24) is 14.9 Å². The van der Waals surface area contributed by atoms with Crippen LogP contribution in [0, 0.1) is 6.92 Å². The van der Waals surface area contributed by atoms with Crippen LogP contribution in [0.2, 0.25) is 0 Å². The van der Waals surface area contributed by atoms with E-state index < -0.39 is 23.3 Å². The second kappa shape index (κ2) is 7.96. The Morgan fingerprint density at radius 3 is 2.62 bits per heavy atom. The summed E-state index contributed by atoms with van der Waals surface area (Å²) >= 11 is 1.05. The van der Waals surface area contributed by atoms with E-state index in [9.17, 15) is 22.8 Å². The van der Waals surface area contributed by atoms with Crippen LogP contribution in [0.5, 0.6) is 0 Å². The van der Waals surface area contributed by atoms with Gasteiger partial charge in [0.25, 0.3) is 5.56 Å². The lowest BCUT2D eigenvalue weighted by molar-refractivity contribution is -0.138. The zero-order chi connectivity index (χ0) is 21.3. The van der Waals surface area contributed by atoms with Crippen molar-refractivity contribution >= 4 is 27.5 Å². The third kappa shape index (κ3) is 4.33. The fraction of sp³-hybridized carbons (Fsp3) is 0.316. The molecule has 0 radical (unpaired) electrons. The molecule has 0 bridgehead atoms. The van der Waals surface area contributed by atoms with E-state index in [0.717, 1.165) is 17.4 Å². The van der Waals surface area contributed by atoms with E-state index in [2.05, 4.69) is 9.97 Å². The van der Waals surface area contributed by atoms with Crippen LogP contribution in [0.3, 0.4) is 0 Å². The van der Waals surface area contributed by atoms with Crippen molar-refractivity contribution in [3.05, 3.63) is 62.0 Å². The number of aromatic amines is 1. The normalized spacial score (nSPS) is 12.0. The van der Waals surface area contributed by atoms with Crippen LogP contribution in [0.1, 0.15) is 32.2 Å². The van der Waals surface area contributed by atoms with Crippen LogP contribution in [-0.4, -0.2) is 35.0 Å². The molecule has 0 saturated carbocycles. The first-order valence-electron chi connectivity index (χ1n) is 8.56. The summed E-state index contributed by atoms with van der Waals surface area (Å²) in [7, 11) is 2.89. The zero-order valence-corrected chi connectivity index (χ0v) is 16.7. The van der Waals surface area contributed by atoms with Crippen molar-refractivity contribution in [2.45, 2.75) is 26.2 Å². The standard InChI is InChI=1S/C19H18F3N3O3S/c1-10-14-16(26)23-13(24-17(14)29-15(10)18(27)28-3)9-25(2)8-11-6-4-5-7-12(11)19(20,21)22/h4-7H,8-9H2,1-3H3,(H,23,24,26). The lowest BCUT2D eigenvalue weighted by Crippen LogP contribution is -2.23. The zero-order valence-electron chi connectivity index (χ0n) is 15.9. The molecule has 3 aromatic rings. The molecule has 1 N–H and O–H groups in total. The molecule has 154 valence electrons. The topological polar surface area (TPSA) is 75.3 Å². The maximum atomic E-state index is 13.2. The van der Waals surface area contributed by atoms with E-state index >= 15 is 0 Å². The van der Waals surface area contributed by atoms with Crippen molar-refractivity contribution in [2.24, 2.45) is 0 Å². The second-order valence-corrected chi connectivity index (χ2v) is 7.57. The average Bonchev–Trinajstić information content (AvgIpc) is 2.97. The van der Waals surface area contributed by atoms with Crippen LogP contribution in [-0.2, 0) is 24.0 Å². The predicted octanol–water partition coefficient (Wildman–Crippen LogP) is 3.73. The smallest absolute Gasteiger partial charge is 0.416 e. The van der Waals surface area contributed by atoms with Crippen molar-refractivity contribution in [3.8, 4) is 0 Å². The Labute approximate surface area is 167 Å².